The predicted molar refractivity (Wildman–Crippen MR) is 77.6 cm³/mol. The van der Waals surface area contributed by atoms with Gasteiger partial charge in [-0.25, -0.2) is 14.4 Å². The van der Waals surface area contributed by atoms with Crippen LogP contribution >= 0.6 is 15.9 Å². The summed E-state index contributed by atoms with van der Waals surface area (Å²) >= 11 is 3.17. The minimum Gasteiger partial charge on any atom is -0.366 e. The molecule has 102 valence electrons. The number of nitrogens with zero attached hydrogens (tertiary/aromatic N) is 3. The molecular formula is C14H12BrFN4. The highest BCUT2D eigenvalue weighted by molar-refractivity contribution is 9.10. The molecule has 0 saturated heterocycles. The highest BCUT2D eigenvalue weighted by atomic mass is 79.9. The Bertz CT molecular complexity index is 637. The Kier molecular flexibility index (Phi) is 4.64. The fraction of sp³-hybridized carbons (Fsp3) is 0.214. The highest BCUT2D eigenvalue weighted by Crippen LogP contribution is 2.18. The lowest BCUT2D eigenvalue weighted by molar-refractivity contribution is 0.619. The first kappa shape index (κ1) is 14.4. The standard InChI is InChI=1S/C14H12BrFN4/c1-9(4-10-2-3-13(16)12(15)5-10)20-14-8-18-11(6-17)7-19-14/h2-3,5,7-9H,4H2,1H3,(H,19,20). The van der Waals surface area contributed by atoms with E-state index in [0.29, 0.717) is 10.3 Å². The zero-order valence-electron chi connectivity index (χ0n) is 10.8. The van der Waals surface area contributed by atoms with E-state index in [1.807, 2.05) is 13.0 Å². The summed E-state index contributed by atoms with van der Waals surface area (Å²) < 4.78 is 13.6. The van der Waals surface area contributed by atoms with Crippen molar-refractivity contribution in [2.75, 3.05) is 5.32 Å². The van der Waals surface area contributed by atoms with Gasteiger partial charge in [0.25, 0.3) is 0 Å². The molecule has 20 heavy (non-hydrogen) atoms. The predicted octanol–water partition coefficient (Wildman–Crippen LogP) is 3.29. The summed E-state index contributed by atoms with van der Waals surface area (Å²) in [5.74, 6) is 0.338. The molecule has 0 fully saturated rings. The molecule has 1 N–H and O–H groups in total. The molecule has 0 aliphatic heterocycles. The van der Waals surface area contributed by atoms with Crippen LogP contribution in [0.3, 0.4) is 0 Å². The molecule has 0 aliphatic carbocycles. The second-order valence-electron chi connectivity index (χ2n) is 4.40. The van der Waals surface area contributed by atoms with Crippen LogP contribution in [0.4, 0.5) is 10.2 Å². The third-order valence-electron chi connectivity index (χ3n) is 2.69. The van der Waals surface area contributed by atoms with E-state index in [2.05, 4.69) is 31.2 Å². The Morgan fingerprint density at radius 3 is 2.80 bits per heavy atom. The van der Waals surface area contributed by atoms with Crippen LogP contribution in [0.5, 0.6) is 0 Å². The average Bonchev–Trinajstić information content (AvgIpc) is 2.44. The lowest BCUT2D eigenvalue weighted by Crippen LogP contribution is -2.19. The first-order valence-corrected chi connectivity index (χ1v) is 6.80. The molecule has 0 radical (unpaired) electrons. The summed E-state index contributed by atoms with van der Waals surface area (Å²) in [5, 5.41) is 11.8. The van der Waals surface area contributed by atoms with Crippen molar-refractivity contribution in [2.24, 2.45) is 0 Å². The maximum atomic E-state index is 13.1. The topological polar surface area (TPSA) is 61.6 Å². The number of aromatic nitrogens is 2. The van der Waals surface area contributed by atoms with Crippen molar-refractivity contribution in [3.8, 4) is 6.07 Å². The van der Waals surface area contributed by atoms with Crippen LogP contribution in [0.25, 0.3) is 0 Å². The SMILES string of the molecule is CC(Cc1ccc(F)c(Br)c1)Nc1cnc(C#N)cn1. The van der Waals surface area contributed by atoms with Gasteiger partial charge in [-0.1, -0.05) is 6.07 Å². The molecule has 1 unspecified atom stereocenters. The van der Waals surface area contributed by atoms with Crippen molar-refractivity contribution >= 4 is 21.7 Å². The van der Waals surface area contributed by atoms with Crippen LogP contribution < -0.4 is 5.32 Å². The fourth-order valence-electron chi connectivity index (χ4n) is 1.78. The number of anilines is 1. The van der Waals surface area contributed by atoms with Gasteiger partial charge in [0.2, 0.25) is 0 Å². The van der Waals surface area contributed by atoms with Gasteiger partial charge in [0.15, 0.2) is 5.69 Å². The second kappa shape index (κ2) is 6.44. The van der Waals surface area contributed by atoms with Crippen LogP contribution in [-0.2, 0) is 6.42 Å². The second-order valence-corrected chi connectivity index (χ2v) is 5.25. The summed E-state index contributed by atoms with van der Waals surface area (Å²) in [6, 6.07) is 6.98. The van der Waals surface area contributed by atoms with Crippen molar-refractivity contribution in [3.63, 3.8) is 0 Å². The van der Waals surface area contributed by atoms with E-state index < -0.39 is 0 Å². The van der Waals surface area contributed by atoms with E-state index in [9.17, 15) is 4.39 Å². The number of halogens is 2. The van der Waals surface area contributed by atoms with E-state index in [4.69, 9.17) is 5.26 Å². The Balaban J connectivity index is 1.99. The summed E-state index contributed by atoms with van der Waals surface area (Å²) in [4.78, 5) is 8.04. The molecule has 1 heterocycles. The van der Waals surface area contributed by atoms with Gasteiger partial charge in [0.1, 0.15) is 17.7 Å². The van der Waals surface area contributed by atoms with Gasteiger partial charge in [0, 0.05) is 6.04 Å². The molecule has 2 aromatic rings. The molecule has 0 saturated carbocycles. The fourth-order valence-corrected chi connectivity index (χ4v) is 2.21. The lowest BCUT2D eigenvalue weighted by atomic mass is 10.1. The maximum Gasteiger partial charge on any atom is 0.158 e. The summed E-state index contributed by atoms with van der Waals surface area (Å²) in [7, 11) is 0. The first-order valence-electron chi connectivity index (χ1n) is 6.01. The minimum atomic E-state index is -0.271. The van der Waals surface area contributed by atoms with Crippen LogP contribution in [0, 0.1) is 17.1 Å². The summed E-state index contributed by atoms with van der Waals surface area (Å²) in [5.41, 5.74) is 1.30. The minimum absolute atomic E-state index is 0.106. The zero-order chi connectivity index (χ0) is 14.5. The van der Waals surface area contributed by atoms with Crippen molar-refractivity contribution in [1.82, 2.24) is 9.97 Å². The third-order valence-corrected chi connectivity index (χ3v) is 3.29. The molecule has 0 aliphatic rings. The molecule has 0 bridgehead atoms. The number of benzene rings is 1. The molecule has 1 aromatic heterocycles. The molecule has 0 spiro atoms. The largest absolute Gasteiger partial charge is 0.366 e. The van der Waals surface area contributed by atoms with E-state index in [1.54, 1.807) is 12.1 Å². The Morgan fingerprint density at radius 1 is 1.40 bits per heavy atom. The number of nitriles is 1. The van der Waals surface area contributed by atoms with Crippen molar-refractivity contribution in [2.45, 2.75) is 19.4 Å². The number of hydrogen-bond donors (Lipinski definition) is 1. The molecule has 2 rings (SSSR count). The first-order chi connectivity index (χ1) is 9.58. The van der Waals surface area contributed by atoms with Gasteiger partial charge in [-0.3, -0.25) is 0 Å². The van der Waals surface area contributed by atoms with Crippen LogP contribution in [0.2, 0.25) is 0 Å². The molecule has 0 amide bonds. The van der Waals surface area contributed by atoms with Crippen molar-refractivity contribution < 1.29 is 4.39 Å². The van der Waals surface area contributed by atoms with E-state index in [-0.39, 0.29) is 17.6 Å². The average molecular weight is 335 g/mol. The molecular weight excluding hydrogens is 323 g/mol. The van der Waals surface area contributed by atoms with Crippen LogP contribution in [0.15, 0.2) is 35.1 Å². The molecule has 1 atom stereocenters. The lowest BCUT2D eigenvalue weighted by Gasteiger charge is -2.14. The summed E-state index contributed by atoms with van der Waals surface area (Å²) in [6.07, 6.45) is 3.67. The van der Waals surface area contributed by atoms with Gasteiger partial charge in [-0.2, -0.15) is 5.26 Å². The maximum absolute atomic E-state index is 13.1. The van der Waals surface area contributed by atoms with Crippen LogP contribution in [0.1, 0.15) is 18.2 Å². The normalized spacial score (nSPS) is 11.7. The van der Waals surface area contributed by atoms with Crippen molar-refractivity contribution in [3.05, 3.63) is 52.1 Å². The van der Waals surface area contributed by atoms with Gasteiger partial charge >= 0.3 is 0 Å². The number of hydrogen-bond acceptors (Lipinski definition) is 4. The van der Waals surface area contributed by atoms with E-state index in [0.717, 1.165) is 12.0 Å². The Labute approximate surface area is 124 Å². The highest BCUT2D eigenvalue weighted by Gasteiger charge is 2.07. The van der Waals surface area contributed by atoms with E-state index >= 15 is 0 Å². The van der Waals surface area contributed by atoms with Crippen LogP contribution in [-0.4, -0.2) is 16.0 Å². The third kappa shape index (κ3) is 3.75. The number of nitrogens with one attached hydrogen (secondary N) is 1. The monoisotopic (exact) mass is 334 g/mol. The van der Waals surface area contributed by atoms with Gasteiger partial charge in [-0.05, 0) is 47.0 Å². The summed E-state index contributed by atoms with van der Waals surface area (Å²) in [6.45, 7) is 2.00. The smallest absolute Gasteiger partial charge is 0.158 e. The molecule has 6 heteroatoms. The molecule has 1 aromatic carbocycles. The Hall–Kier alpha value is -2.00. The zero-order valence-corrected chi connectivity index (χ0v) is 12.4. The molecule has 4 nitrogen and oxygen atoms in total. The van der Waals surface area contributed by atoms with Crippen molar-refractivity contribution in [1.29, 1.82) is 5.26 Å². The van der Waals surface area contributed by atoms with Gasteiger partial charge in [-0.15, -0.1) is 0 Å². The van der Waals surface area contributed by atoms with Gasteiger partial charge < -0.3 is 5.32 Å². The van der Waals surface area contributed by atoms with Gasteiger partial charge in [0.05, 0.1) is 16.9 Å². The quantitative estimate of drug-likeness (QED) is 0.931. The van der Waals surface area contributed by atoms with E-state index in [1.165, 1.54) is 18.5 Å². The Morgan fingerprint density at radius 2 is 2.20 bits per heavy atom. The number of rotatable bonds is 4.